The number of hydrogen-bond acceptors (Lipinski definition) is 5. The van der Waals surface area contributed by atoms with E-state index in [4.69, 9.17) is 15.2 Å². The fourth-order valence-corrected chi connectivity index (χ4v) is 3.37. The summed E-state index contributed by atoms with van der Waals surface area (Å²) in [7, 11) is 0. The smallest absolute Gasteiger partial charge is 0.306 e. The largest absolute Gasteiger partial charge is 0.452 e. The molecule has 1 saturated carbocycles. The van der Waals surface area contributed by atoms with Gasteiger partial charge in [-0.05, 0) is 25.7 Å². The lowest BCUT2D eigenvalue weighted by molar-refractivity contribution is -0.160. The number of amides is 2. The Labute approximate surface area is 170 Å². The monoisotopic (exact) mass is 433 g/mol. The van der Waals surface area contributed by atoms with Crippen LogP contribution in [0.5, 0.6) is 5.75 Å². The van der Waals surface area contributed by atoms with Crippen molar-refractivity contribution in [3.05, 3.63) is 23.5 Å². The van der Waals surface area contributed by atoms with Gasteiger partial charge >= 0.3 is 12.3 Å². The van der Waals surface area contributed by atoms with Crippen molar-refractivity contribution in [2.24, 2.45) is 11.7 Å². The van der Waals surface area contributed by atoms with Crippen molar-refractivity contribution >= 4 is 11.8 Å². The maximum Gasteiger partial charge on any atom is 0.306 e. The van der Waals surface area contributed by atoms with E-state index in [9.17, 15) is 27.2 Å². The van der Waals surface area contributed by atoms with Gasteiger partial charge in [-0.3, -0.25) is 14.6 Å². The highest BCUT2D eigenvalue weighted by molar-refractivity contribution is 5.93. The third-order valence-electron chi connectivity index (χ3n) is 5.36. The summed E-state index contributed by atoms with van der Waals surface area (Å²) in [4.78, 5) is 28.0. The maximum absolute atomic E-state index is 14.8. The zero-order valence-corrected chi connectivity index (χ0v) is 16.5. The van der Waals surface area contributed by atoms with E-state index in [1.807, 2.05) is 0 Å². The second-order valence-corrected chi connectivity index (χ2v) is 8.20. The lowest BCUT2D eigenvalue weighted by Crippen LogP contribution is -2.50. The predicted octanol–water partition coefficient (Wildman–Crippen LogP) is 2.38. The van der Waals surface area contributed by atoms with Gasteiger partial charge in [-0.25, -0.2) is 13.2 Å². The SMILES string of the molecule is CC(CC(N)=O)(NC(=O)c1cc(O[C@@](C)(F)C(F)F)c(C2(F)COC2)cn1)C1CC1. The average Bonchev–Trinajstić information content (AvgIpc) is 3.44. The Balaban J connectivity index is 1.90. The van der Waals surface area contributed by atoms with Gasteiger partial charge in [-0.1, -0.05) is 0 Å². The molecule has 3 N–H and O–H groups in total. The van der Waals surface area contributed by atoms with Crippen LogP contribution in [0.1, 0.15) is 49.2 Å². The quantitative estimate of drug-likeness (QED) is 0.582. The molecule has 30 heavy (non-hydrogen) atoms. The molecule has 0 bridgehead atoms. The molecule has 0 spiro atoms. The minimum Gasteiger partial charge on any atom is -0.452 e. The molecule has 1 saturated heterocycles. The fraction of sp³-hybridized carbons (Fsp3) is 0.632. The first-order valence-electron chi connectivity index (χ1n) is 9.40. The summed E-state index contributed by atoms with van der Waals surface area (Å²) >= 11 is 0. The van der Waals surface area contributed by atoms with Crippen molar-refractivity contribution in [2.75, 3.05) is 13.2 Å². The summed E-state index contributed by atoms with van der Waals surface area (Å²) in [6, 6.07) is 0.905. The molecule has 0 radical (unpaired) electrons. The summed E-state index contributed by atoms with van der Waals surface area (Å²) in [5.41, 5.74) is 1.66. The van der Waals surface area contributed by atoms with Crippen LogP contribution in [-0.4, -0.2) is 47.8 Å². The summed E-state index contributed by atoms with van der Waals surface area (Å²) < 4.78 is 64.5. The van der Waals surface area contributed by atoms with Gasteiger partial charge in [0.15, 0.2) is 5.67 Å². The second kappa shape index (κ2) is 7.68. The number of nitrogens with one attached hydrogen (secondary N) is 1. The highest BCUT2D eigenvalue weighted by atomic mass is 19.3. The Morgan fingerprint density at radius 2 is 2.03 bits per heavy atom. The van der Waals surface area contributed by atoms with Crippen LogP contribution in [0.15, 0.2) is 12.3 Å². The summed E-state index contributed by atoms with van der Waals surface area (Å²) in [6.45, 7) is 1.40. The molecule has 2 aliphatic rings. The molecule has 2 fully saturated rings. The Bertz CT molecular complexity index is 843. The Morgan fingerprint density at radius 3 is 2.50 bits per heavy atom. The number of ether oxygens (including phenoxy) is 2. The fourth-order valence-electron chi connectivity index (χ4n) is 3.37. The van der Waals surface area contributed by atoms with E-state index in [-0.39, 0.29) is 36.8 Å². The molecule has 0 aromatic carbocycles. The third kappa shape index (κ3) is 4.50. The highest BCUT2D eigenvalue weighted by Crippen LogP contribution is 2.43. The van der Waals surface area contributed by atoms with Crippen LogP contribution in [0.3, 0.4) is 0 Å². The van der Waals surface area contributed by atoms with Crippen molar-refractivity contribution in [3.8, 4) is 5.75 Å². The topological polar surface area (TPSA) is 104 Å². The molecule has 11 heteroatoms. The maximum atomic E-state index is 14.8. The van der Waals surface area contributed by atoms with Crippen LogP contribution in [-0.2, 0) is 15.2 Å². The lowest BCUT2D eigenvalue weighted by Gasteiger charge is -2.36. The minimum absolute atomic E-state index is 0.0400. The average molecular weight is 433 g/mol. The van der Waals surface area contributed by atoms with Crippen molar-refractivity contribution < 1.29 is 36.6 Å². The molecule has 3 rings (SSSR count). The third-order valence-corrected chi connectivity index (χ3v) is 5.36. The standard InChI is InChI=1S/C19H23F4N3O4/c1-17(6-14(24)27,10-3-4-10)26-15(28)12-5-13(30-18(2,22)16(20)21)11(7-25-12)19(23)8-29-9-19/h5,7,10,16H,3-4,6,8-9H2,1-2H3,(H2,24,27)(H,26,28)/t17?,18-/m1/s1. The van der Waals surface area contributed by atoms with Gasteiger partial charge in [0.05, 0.1) is 18.8 Å². The van der Waals surface area contributed by atoms with E-state index in [2.05, 4.69) is 10.3 Å². The molecule has 2 atom stereocenters. The minimum atomic E-state index is -3.52. The molecular formula is C19H23F4N3O4. The van der Waals surface area contributed by atoms with Crippen LogP contribution in [0.2, 0.25) is 0 Å². The zero-order valence-electron chi connectivity index (χ0n) is 16.5. The molecule has 1 unspecified atom stereocenters. The zero-order chi connectivity index (χ0) is 22.3. The number of nitrogens with zero attached hydrogens (tertiary/aromatic N) is 1. The van der Waals surface area contributed by atoms with Gasteiger partial charge < -0.3 is 20.5 Å². The van der Waals surface area contributed by atoms with Crippen molar-refractivity contribution in [1.82, 2.24) is 10.3 Å². The summed E-state index contributed by atoms with van der Waals surface area (Å²) in [5, 5.41) is 2.68. The van der Waals surface area contributed by atoms with Crippen molar-refractivity contribution in [1.29, 1.82) is 0 Å². The lowest BCUT2D eigenvalue weighted by atomic mass is 9.90. The number of nitrogens with two attached hydrogens (primary N) is 1. The second-order valence-electron chi connectivity index (χ2n) is 8.20. The molecule has 166 valence electrons. The Kier molecular flexibility index (Phi) is 5.70. The number of hydrogen-bond donors (Lipinski definition) is 2. The van der Waals surface area contributed by atoms with Gasteiger partial charge in [0, 0.05) is 31.1 Å². The molecule has 7 nitrogen and oxygen atoms in total. The molecule has 1 aromatic rings. The van der Waals surface area contributed by atoms with Gasteiger partial charge in [0.25, 0.3) is 5.91 Å². The summed E-state index contributed by atoms with van der Waals surface area (Å²) in [6.07, 6.45) is -1.09. The number of rotatable bonds is 9. The van der Waals surface area contributed by atoms with E-state index in [0.29, 0.717) is 6.92 Å². The molecule has 2 amide bonds. The van der Waals surface area contributed by atoms with E-state index in [1.165, 1.54) is 0 Å². The number of carbonyl (C=O) groups excluding carboxylic acids is 2. The van der Waals surface area contributed by atoms with Crippen LogP contribution in [0, 0.1) is 5.92 Å². The Morgan fingerprint density at radius 1 is 1.40 bits per heavy atom. The van der Waals surface area contributed by atoms with Crippen LogP contribution in [0.25, 0.3) is 0 Å². The van der Waals surface area contributed by atoms with Crippen molar-refractivity contribution in [3.63, 3.8) is 0 Å². The first-order chi connectivity index (χ1) is 13.9. The number of halogens is 4. The molecular weight excluding hydrogens is 410 g/mol. The van der Waals surface area contributed by atoms with E-state index < -0.39 is 41.1 Å². The molecule has 1 aromatic heterocycles. The number of aromatic nitrogens is 1. The summed E-state index contributed by atoms with van der Waals surface area (Å²) in [5.74, 6) is -5.31. The molecule has 2 heterocycles. The highest BCUT2D eigenvalue weighted by Gasteiger charge is 2.47. The van der Waals surface area contributed by atoms with Gasteiger partial charge in [0.1, 0.15) is 11.4 Å². The predicted molar refractivity (Wildman–Crippen MR) is 96.4 cm³/mol. The first kappa shape index (κ1) is 22.3. The van der Waals surface area contributed by atoms with Crippen LogP contribution < -0.4 is 15.8 Å². The van der Waals surface area contributed by atoms with Crippen LogP contribution >= 0.6 is 0 Å². The normalized spacial score (nSPS) is 21.8. The number of primary amides is 1. The van der Waals surface area contributed by atoms with E-state index in [0.717, 1.165) is 25.1 Å². The van der Waals surface area contributed by atoms with Crippen molar-refractivity contribution in [2.45, 2.75) is 56.6 Å². The van der Waals surface area contributed by atoms with Gasteiger partial charge in [-0.2, -0.15) is 4.39 Å². The first-order valence-corrected chi connectivity index (χ1v) is 9.40. The number of carbonyl (C=O) groups is 2. The molecule has 1 aliphatic heterocycles. The number of alkyl halides is 4. The van der Waals surface area contributed by atoms with Crippen LogP contribution in [0.4, 0.5) is 17.6 Å². The van der Waals surface area contributed by atoms with Gasteiger partial charge in [0.2, 0.25) is 5.91 Å². The van der Waals surface area contributed by atoms with E-state index in [1.54, 1.807) is 6.92 Å². The van der Waals surface area contributed by atoms with Gasteiger partial charge in [-0.15, -0.1) is 0 Å². The van der Waals surface area contributed by atoms with E-state index >= 15 is 0 Å². The Hall–Kier alpha value is -2.43. The number of pyridine rings is 1. The molecule has 1 aliphatic carbocycles.